The summed E-state index contributed by atoms with van der Waals surface area (Å²) in [5.74, 6) is 0.0527. The summed E-state index contributed by atoms with van der Waals surface area (Å²) < 4.78 is 10.1. The maximum absolute atomic E-state index is 11.0. The molecule has 70 valence electrons. The van der Waals surface area contributed by atoms with Crippen LogP contribution < -0.4 is 0 Å². The van der Waals surface area contributed by atoms with Gasteiger partial charge < -0.3 is 9.47 Å². The molecule has 1 atom stereocenters. The van der Waals surface area contributed by atoms with Crippen LogP contribution in [-0.2, 0) is 14.3 Å². The normalized spacial score (nSPS) is 22.8. The van der Waals surface area contributed by atoms with E-state index in [1.807, 2.05) is 0 Å². The van der Waals surface area contributed by atoms with Gasteiger partial charge in [0.1, 0.15) is 0 Å². The number of cyclic esters (lactones) is 1. The molecule has 1 fully saturated rings. The molecule has 1 aliphatic heterocycles. The van der Waals surface area contributed by atoms with Crippen molar-refractivity contribution in [3.8, 4) is 0 Å². The maximum Gasteiger partial charge on any atom is 0.309 e. The van der Waals surface area contributed by atoms with Crippen LogP contribution in [0.2, 0.25) is 0 Å². The van der Waals surface area contributed by atoms with Crippen LogP contribution in [0.4, 0.5) is 0 Å². The predicted molar refractivity (Wildman–Crippen MR) is 44.8 cm³/mol. The molecular weight excluding hydrogens is 156 g/mol. The maximum atomic E-state index is 11.0. The van der Waals surface area contributed by atoms with Crippen molar-refractivity contribution in [1.82, 2.24) is 0 Å². The van der Waals surface area contributed by atoms with Gasteiger partial charge in [-0.25, -0.2) is 0 Å². The van der Waals surface area contributed by atoms with E-state index in [2.05, 4.69) is 6.92 Å². The van der Waals surface area contributed by atoms with E-state index in [-0.39, 0.29) is 11.9 Å². The van der Waals surface area contributed by atoms with E-state index in [4.69, 9.17) is 9.47 Å². The molecule has 3 heteroatoms. The molecule has 0 aromatic heterocycles. The van der Waals surface area contributed by atoms with Gasteiger partial charge in [0.05, 0.1) is 12.5 Å². The summed E-state index contributed by atoms with van der Waals surface area (Å²) in [6.07, 6.45) is 2.72. The van der Waals surface area contributed by atoms with Crippen LogP contribution in [-0.4, -0.2) is 25.8 Å². The van der Waals surface area contributed by atoms with Crippen LogP contribution in [0.3, 0.4) is 0 Å². The first-order valence-corrected chi connectivity index (χ1v) is 4.59. The zero-order chi connectivity index (χ0) is 8.81. The molecule has 0 aromatic carbocycles. The Bertz CT molecular complexity index is 145. The van der Waals surface area contributed by atoms with E-state index in [1.165, 1.54) is 0 Å². The zero-order valence-electron chi connectivity index (χ0n) is 7.54. The number of rotatable bonds is 5. The lowest BCUT2D eigenvalue weighted by molar-refractivity contribution is -0.141. The number of esters is 1. The van der Waals surface area contributed by atoms with Gasteiger partial charge in [0, 0.05) is 13.2 Å². The number of hydrogen-bond acceptors (Lipinski definition) is 3. The second kappa shape index (κ2) is 5.14. The van der Waals surface area contributed by atoms with Crippen LogP contribution in [0.1, 0.15) is 26.2 Å². The molecule has 12 heavy (non-hydrogen) atoms. The molecule has 1 heterocycles. The molecule has 0 aromatic rings. The number of carbonyl (C=O) groups excluding carboxylic acids is 1. The third-order valence-corrected chi connectivity index (χ3v) is 2.00. The molecule has 3 nitrogen and oxygen atoms in total. The Labute approximate surface area is 73.0 Å². The van der Waals surface area contributed by atoms with Crippen molar-refractivity contribution in [2.24, 2.45) is 5.92 Å². The summed E-state index contributed by atoms with van der Waals surface area (Å²) in [6.45, 7) is 4.15. The Balaban J connectivity index is 2.02. The monoisotopic (exact) mass is 172 g/mol. The minimum absolute atomic E-state index is 0.0462. The fraction of sp³-hybridized carbons (Fsp3) is 0.889. The third-order valence-electron chi connectivity index (χ3n) is 2.00. The summed E-state index contributed by atoms with van der Waals surface area (Å²) in [5.41, 5.74) is 0. The van der Waals surface area contributed by atoms with E-state index in [0.29, 0.717) is 13.2 Å². The van der Waals surface area contributed by atoms with Crippen molar-refractivity contribution in [2.75, 3.05) is 19.8 Å². The highest BCUT2D eigenvalue weighted by Crippen LogP contribution is 2.17. The molecule has 0 spiro atoms. The molecule has 0 saturated carbocycles. The van der Waals surface area contributed by atoms with Crippen molar-refractivity contribution in [3.05, 3.63) is 0 Å². The molecule has 0 bridgehead atoms. The van der Waals surface area contributed by atoms with Crippen LogP contribution in [0.5, 0.6) is 0 Å². The highest BCUT2D eigenvalue weighted by Gasteiger charge is 2.25. The van der Waals surface area contributed by atoms with Gasteiger partial charge in [-0.3, -0.25) is 4.79 Å². The van der Waals surface area contributed by atoms with Gasteiger partial charge in [0.2, 0.25) is 0 Å². The van der Waals surface area contributed by atoms with Gasteiger partial charge in [-0.15, -0.1) is 0 Å². The SMILES string of the molecule is CCCOCCC1CCOC1=O. The van der Waals surface area contributed by atoms with E-state index < -0.39 is 0 Å². The summed E-state index contributed by atoms with van der Waals surface area (Å²) in [7, 11) is 0. The molecule has 0 amide bonds. The first-order chi connectivity index (χ1) is 5.84. The molecule has 0 N–H and O–H groups in total. The van der Waals surface area contributed by atoms with E-state index in [0.717, 1.165) is 25.9 Å². The quantitative estimate of drug-likeness (QED) is 0.464. The van der Waals surface area contributed by atoms with E-state index in [1.54, 1.807) is 0 Å². The Morgan fingerprint density at radius 3 is 3.00 bits per heavy atom. The van der Waals surface area contributed by atoms with Crippen LogP contribution >= 0.6 is 0 Å². The molecule has 1 unspecified atom stereocenters. The van der Waals surface area contributed by atoms with Gasteiger partial charge in [-0.1, -0.05) is 6.92 Å². The Hall–Kier alpha value is -0.570. The van der Waals surface area contributed by atoms with Gasteiger partial charge in [0.25, 0.3) is 0 Å². The molecule has 1 rings (SSSR count). The lowest BCUT2D eigenvalue weighted by Crippen LogP contribution is -2.10. The molecule has 0 aliphatic carbocycles. The summed E-state index contributed by atoms with van der Waals surface area (Å²) in [6, 6.07) is 0. The first-order valence-electron chi connectivity index (χ1n) is 4.59. The Morgan fingerprint density at radius 1 is 1.58 bits per heavy atom. The fourth-order valence-corrected chi connectivity index (χ4v) is 1.27. The fourth-order valence-electron chi connectivity index (χ4n) is 1.27. The van der Waals surface area contributed by atoms with Crippen molar-refractivity contribution in [2.45, 2.75) is 26.2 Å². The third kappa shape index (κ3) is 2.81. The van der Waals surface area contributed by atoms with Gasteiger partial charge in [0.15, 0.2) is 0 Å². The number of hydrogen-bond donors (Lipinski definition) is 0. The second-order valence-electron chi connectivity index (χ2n) is 3.05. The highest BCUT2D eigenvalue weighted by molar-refractivity contribution is 5.73. The minimum atomic E-state index is -0.0462. The largest absolute Gasteiger partial charge is 0.465 e. The van der Waals surface area contributed by atoms with E-state index >= 15 is 0 Å². The second-order valence-corrected chi connectivity index (χ2v) is 3.05. The molecule has 1 aliphatic rings. The standard InChI is InChI=1S/C9H16O3/c1-2-5-11-6-3-8-4-7-12-9(8)10/h8H,2-7H2,1H3. The van der Waals surface area contributed by atoms with Gasteiger partial charge in [-0.2, -0.15) is 0 Å². The zero-order valence-corrected chi connectivity index (χ0v) is 7.54. The lowest BCUT2D eigenvalue weighted by Gasteiger charge is -2.05. The summed E-state index contributed by atoms with van der Waals surface area (Å²) >= 11 is 0. The topological polar surface area (TPSA) is 35.5 Å². The first kappa shape index (κ1) is 9.52. The molecular formula is C9H16O3. The summed E-state index contributed by atoms with van der Waals surface area (Å²) in [5, 5.41) is 0. The highest BCUT2D eigenvalue weighted by atomic mass is 16.5. The number of ether oxygens (including phenoxy) is 2. The van der Waals surface area contributed by atoms with Crippen molar-refractivity contribution >= 4 is 5.97 Å². The smallest absolute Gasteiger partial charge is 0.309 e. The molecule has 1 saturated heterocycles. The van der Waals surface area contributed by atoms with Gasteiger partial charge >= 0.3 is 5.97 Å². The average Bonchev–Trinajstić information content (AvgIpc) is 2.46. The van der Waals surface area contributed by atoms with Crippen LogP contribution in [0.15, 0.2) is 0 Å². The van der Waals surface area contributed by atoms with E-state index in [9.17, 15) is 4.79 Å². The Kier molecular flexibility index (Phi) is 4.08. The minimum Gasteiger partial charge on any atom is -0.465 e. The van der Waals surface area contributed by atoms with Gasteiger partial charge in [-0.05, 0) is 19.3 Å². The summed E-state index contributed by atoms with van der Waals surface area (Å²) in [4.78, 5) is 11.0. The van der Waals surface area contributed by atoms with Crippen LogP contribution in [0.25, 0.3) is 0 Å². The molecule has 0 radical (unpaired) electrons. The van der Waals surface area contributed by atoms with Crippen molar-refractivity contribution < 1.29 is 14.3 Å². The lowest BCUT2D eigenvalue weighted by atomic mass is 10.1. The predicted octanol–water partition coefficient (Wildman–Crippen LogP) is 1.37. The number of carbonyl (C=O) groups is 1. The average molecular weight is 172 g/mol. The Morgan fingerprint density at radius 2 is 2.42 bits per heavy atom. The van der Waals surface area contributed by atoms with Crippen molar-refractivity contribution in [1.29, 1.82) is 0 Å². The van der Waals surface area contributed by atoms with Crippen molar-refractivity contribution in [3.63, 3.8) is 0 Å². The van der Waals surface area contributed by atoms with Crippen LogP contribution in [0, 0.1) is 5.92 Å².